The smallest absolute Gasteiger partial charge is 0.481 e. The number of benzene rings is 1. The minimum absolute atomic E-state index is 0.0113. The van der Waals surface area contributed by atoms with Crippen LogP contribution in [0.25, 0.3) is 11.0 Å². The Morgan fingerprint density at radius 3 is 1.96 bits per heavy atom. The number of aryl methyl sites for hydroxylation is 1. The summed E-state index contributed by atoms with van der Waals surface area (Å²) in [6, 6.07) is 3.70. The molecule has 2 aromatic rings. The third-order valence-electron chi connectivity index (χ3n) is 8.97. The summed E-state index contributed by atoms with van der Waals surface area (Å²) in [5.74, 6) is -7.03. The van der Waals surface area contributed by atoms with Gasteiger partial charge in [-0.3, -0.25) is 33.6 Å². The lowest BCUT2D eigenvalue weighted by atomic mass is 10.0. The Morgan fingerprint density at radius 2 is 1.42 bits per heavy atom. The summed E-state index contributed by atoms with van der Waals surface area (Å²) in [7, 11) is 0. The number of halogens is 3. The largest absolute Gasteiger partial charge is 0.490 e. The van der Waals surface area contributed by atoms with E-state index in [1.54, 1.807) is 25.1 Å². The molecule has 0 saturated carbocycles. The first-order valence-corrected chi connectivity index (χ1v) is 18.0. The van der Waals surface area contributed by atoms with Crippen LogP contribution < -0.4 is 26.9 Å². The second kappa shape index (κ2) is 20.2. The van der Waals surface area contributed by atoms with Crippen LogP contribution in [0, 0.1) is 12.8 Å². The Balaban J connectivity index is 0.00000113. The van der Waals surface area contributed by atoms with Gasteiger partial charge in [0.05, 0.1) is 19.5 Å². The highest BCUT2D eigenvalue weighted by Gasteiger charge is 2.39. The SMILES string of the molecule is Cc1cc(=O)oc2cc(NC(=O)[C@@H]3CCCN3C(=O)CNC(=O)[C@H](CC(C)C)NC(=O)[C@@H]3CCCN3C(=O)CNC(=O)CCC(=O)O)ccc12.O=C(O)C(F)(F)F. The second-order valence-corrected chi connectivity index (χ2v) is 13.8. The van der Waals surface area contributed by atoms with E-state index in [0.717, 1.165) is 10.9 Å². The normalized spacial score (nSPS) is 17.0. The molecule has 0 spiro atoms. The first kappa shape index (κ1) is 45.4. The van der Waals surface area contributed by atoms with Crippen molar-refractivity contribution in [2.75, 3.05) is 31.5 Å². The topological polar surface area (TPSA) is 262 Å². The number of amides is 6. The summed E-state index contributed by atoms with van der Waals surface area (Å²) in [6.07, 6.45) is -3.59. The van der Waals surface area contributed by atoms with Crippen LogP contribution in [0.2, 0.25) is 0 Å². The number of nitrogens with one attached hydrogen (secondary N) is 4. The molecule has 0 unspecified atom stereocenters. The monoisotopic (exact) mass is 810 g/mol. The van der Waals surface area contributed by atoms with Gasteiger partial charge in [-0.2, -0.15) is 13.2 Å². The molecule has 3 atom stereocenters. The van der Waals surface area contributed by atoms with Crippen molar-refractivity contribution in [3.05, 3.63) is 40.2 Å². The summed E-state index contributed by atoms with van der Waals surface area (Å²) in [5.41, 5.74) is 0.959. The predicted octanol–water partition coefficient (Wildman–Crippen LogP) is 1.28. The van der Waals surface area contributed by atoms with Crippen LogP contribution in [0.5, 0.6) is 0 Å². The Labute approximate surface area is 323 Å². The molecular weight excluding hydrogens is 765 g/mol. The number of carbonyl (C=O) groups is 8. The number of anilines is 1. The number of carbonyl (C=O) groups excluding carboxylic acids is 6. The Bertz CT molecular complexity index is 1920. The van der Waals surface area contributed by atoms with E-state index in [0.29, 0.717) is 43.5 Å². The number of hydrogen-bond acceptors (Lipinski definition) is 10. The van der Waals surface area contributed by atoms with Gasteiger partial charge in [0.2, 0.25) is 35.4 Å². The zero-order valence-corrected chi connectivity index (χ0v) is 31.4. The van der Waals surface area contributed by atoms with Crippen molar-refractivity contribution in [2.24, 2.45) is 5.92 Å². The average molecular weight is 811 g/mol. The first-order chi connectivity index (χ1) is 26.7. The number of fused-ring (bicyclic) bond motifs is 1. The standard InChI is InChI=1S/C34H44N6O10.C2HF3O2/c1-19(2)14-23(38-34(49)25-7-5-13-40(25)28(42)17-35-27(41)10-11-30(44)45)32(47)36-18-29(43)39-12-4-6-24(39)33(48)37-21-8-9-22-20(3)15-31(46)50-26(22)16-21;3-2(4,5)1(6)7/h8-9,15-16,19,23-25H,4-7,10-14,17-18H2,1-3H3,(H,35,41)(H,36,47)(H,37,48)(H,38,49)(H,44,45);(H,6,7)/t23-,24-,25-;/m0./s1. The molecule has 18 nitrogen and oxygen atoms in total. The van der Waals surface area contributed by atoms with E-state index in [-0.39, 0.29) is 31.7 Å². The number of rotatable bonds is 14. The molecule has 6 amide bonds. The molecule has 1 aromatic heterocycles. The summed E-state index contributed by atoms with van der Waals surface area (Å²) >= 11 is 0. The van der Waals surface area contributed by atoms with Gasteiger partial charge in [0.15, 0.2) is 0 Å². The van der Waals surface area contributed by atoms with Crippen molar-refractivity contribution in [1.82, 2.24) is 25.8 Å². The number of alkyl halides is 3. The lowest BCUT2D eigenvalue weighted by molar-refractivity contribution is -0.192. The predicted molar refractivity (Wildman–Crippen MR) is 193 cm³/mol. The van der Waals surface area contributed by atoms with Crippen molar-refractivity contribution in [2.45, 2.75) is 90.0 Å². The number of hydrogen-bond donors (Lipinski definition) is 6. The molecule has 21 heteroatoms. The van der Waals surface area contributed by atoms with Crippen LogP contribution >= 0.6 is 0 Å². The molecule has 2 aliphatic heterocycles. The summed E-state index contributed by atoms with van der Waals surface area (Å²) in [4.78, 5) is 112. The van der Waals surface area contributed by atoms with Crippen LogP contribution in [0.15, 0.2) is 33.5 Å². The van der Waals surface area contributed by atoms with Gasteiger partial charge < -0.3 is 45.7 Å². The molecule has 0 radical (unpaired) electrons. The number of nitrogens with zero attached hydrogens (tertiary/aromatic N) is 2. The van der Waals surface area contributed by atoms with E-state index in [1.165, 1.54) is 15.9 Å². The molecule has 1 aromatic carbocycles. The van der Waals surface area contributed by atoms with Crippen molar-refractivity contribution in [1.29, 1.82) is 0 Å². The van der Waals surface area contributed by atoms with Gasteiger partial charge in [-0.25, -0.2) is 9.59 Å². The van der Waals surface area contributed by atoms with E-state index in [4.69, 9.17) is 19.4 Å². The molecule has 6 N–H and O–H groups in total. The molecule has 2 aliphatic rings. The van der Waals surface area contributed by atoms with Gasteiger partial charge in [0.25, 0.3) is 0 Å². The fourth-order valence-electron chi connectivity index (χ4n) is 6.25. The third kappa shape index (κ3) is 13.6. The third-order valence-corrected chi connectivity index (χ3v) is 8.97. The summed E-state index contributed by atoms with van der Waals surface area (Å²) in [6.45, 7) is 5.32. The zero-order valence-electron chi connectivity index (χ0n) is 31.4. The molecule has 4 rings (SSSR count). The van der Waals surface area contributed by atoms with Gasteiger partial charge in [0, 0.05) is 42.7 Å². The Kier molecular flexibility index (Phi) is 16.1. The summed E-state index contributed by atoms with van der Waals surface area (Å²) in [5, 5.41) is 27.1. The quantitative estimate of drug-likeness (QED) is 0.148. The maximum absolute atomic E-state index is 13.3. The highest BCUT2D eigenvalue weighted by molar-refractivity contribution is 6.00. The highest BCUT2D eigenvalue weighted by atomic mass is 19.4. The van der Waals surface area contributed by atoms with Crippen molar-refractivity contribution >= 4 is 64.0 Å². The first-order valence-electron chi connectivity index (χ1n) is 18.0. The van der Waals surface area contributed by atoms with Gasteiger partial charge in [0.1, 0.15) is 23.7 Å². The number of carboxylic acid groups (broad SMARTS) is 2. The van der Waals surface area contributed by atoms with Crippen LogP contribution in [0.1, 0.15) is 64.4 Å². The van der Waals surface area contributed by atoms with Gasteiger partial charge in [-0.1, -0.05) is 13.8 Å². The van der Waals surface area contributed by atoms with E-state index < -0.39 is 90.4 Å². The zero-order chi connectivity index (χ0) is 42.6. The van der Waals surface area contributed by atoms with Crippen LogP contribution in [-0.4, -0.2) is 118 Å². The van der Waals surface area contributed by atoms with E-state index in [2.05, 4.69) is 21.3 Å². The van der Waals surface area contributed by atoms with Crippen molar-refractivity contribution in [3.8, 4) is 0 Å². The molecule has 3 heterocycles. The molecule has 57 heavy (non-hydrogen) atoms. The molecule has 312 valence electrons. The summed E-state index contributed by atoms with van der Waals surface area (Å²) < 4.78 is 37.0. The average Bonchev–Trinajstić information content (AvgIpc) is 3.82. The van der Waals surface area contributed by atoms with Gasteiger partial charge >= 0.3 is 23.7 Å². The number of carboxylic acids is 2. The van der Waals surface area contributed by atoms with Gasteiger partial charge in [-0.05, 0) is 62.6 Å². The van der Waals surface area contributed by atoms with Gasteiger partial charge in [-0.15, -0.1) is 0 Å². The minimum Gasteiger partial charge on any atom is -0.481 e. The molecule has 0 bridgehead atoms. The molecule has 0 aliphatic carbocycles. The van der Waals surface area contributed by atoms with Crippen LogP contribution in [0.4, 0.5) is 18.9 Å². The van der Waals surface area contributed by atoms with Crippen LogP contribution in [-0.2, 0) is 38.4 Å². The fourth-order valence-corrected chi connectivity index (χ4v) is 6.25. The van der Waals surface area contributed by atoms with E-state index in [9.17, 15) is 51.5 Å². The molecular formula is C36H45F3N6O12. The van der Waals surface area contributed by atoms with Crippen LogP contribution in [0.3, 0.4) is 0 Å². The lowest BCUT2D eigenvalue weighted by Crippen LogP contribution is -2.55. The Morgan fingerprint density at radius 1 is 0.860 bits per heavy atom. The van der Waals surface area contributed by atoms with Crippen molar-refractivity contribution < 1.29 is 66.2 Å². The fraction of sp³-hybridized carbons (Fsp3) is 0.528. The maximum Gasteiger partial charge on any atom is 0.490 e. The van der Waals surface area contributed by atoms with Crippen molar-refractivity contribution in [3.63, 3.8) is 0 Å². The molecule has 2 fully saturated rings. The maximum atomic E-state index is 13.3. The Hall–Kier alpha value is -6.02. The molecule has 2 saturated heterocycles. The lowest BCUT2D eigenvalue weighted by Gasteiger charge is -2.27. The van der Waals surface area contributed by atoms with E-state index in [1.807, 2.05) is 13.8 Å². The number of aliphatic carboxylic acids is 2. The second-order valence-electron chi connectivity index (χ2n) is 13.8. The minimum atomic E-state index is -5.08. The number of likely N-dealkylation sites (tertiary alicyclic amines) is 2. The van der Waals surface area contributed by atoms with E-state index >= 15 is 0 Å². The highest BCUT2D eigenvalue weighted by Crippen LogP contribution is 2.24.